The summed E-state index contributed by atoms with van der Waals surface area (Å²) in [4.78, 5) is 11.8. The Kier molecular flexibility index (Phi) is 4.93. The van der Waals surface area contributed by atoms with Gasteiger partial charge in [0.1, 0.15) is 5.01 Å². The second-order valence-corrected chi connectivity index (χ2v) is 6.38. The van der Waals surface area contributed by atoms with Gasteiger partial charge in [0.15, 0.2) is 4.34 Å². The second kappa shape index (κ2) is 6.68. The van der Waals surface area contributed by atoms with Crippen molar-refractivity contribution < 1.29 is 4.79 Å². The maximum Gasteiger partial charge on any atom is 0.234 e. The summed E-state index contributed by atoms with van der Waals surface area (Å²) in [5.41, 5.74) is 2.06. The van der Waals surface area contributed by atoms with E-state index in [1.165, 1.54) is 28.7 Å². The number of nitrogens with zero attached hydrogens (tertiary/aromatic N) is 2. The molecule has 1 amide bonds. The molecule has 100 valence electrons. The molecule has 6 heteroatoms. The SMILES string of the molecule is CCc1cccc(NC(=O)CSc2nnc(C)s2)c1. The van der Waals surface area contributed by atoms with Crippen molar-refractivity contribution in [1.29, 1.82) is 0 Å². The van der Waals surface area contributed by atoms with Crippen LogP contribution < -0.4 is 5.32 Å². The number of benzene rings is 1. The zero-order valence-electron chi connectivity index (χ0n) is 10.8. The molecular weight excluding hydrogens is 278 g/mol. The van der Waals surface area contributed by atoms with Crippen LogP contribution in [-0.4, -0.2) is 21.9 Å². The fourth-order valence-electron chi connectivity index (χ4n) is 1.53. The Bertz CT molecular complexity index is 569. The molecule has 0 aliphatic carbocycles. The van der Waals surface area contributed by atoms with E-state index in [0.29, 0.717) is 5.75 Å². The smallest absolute Gasteiger partial charge is 0.234 e. The van der Waals surface area contributed by atoms with Crippen molar-refractivity contribution in [2.24, 2.45) is 0 Å². The Morgan fingerprint density at radius 1 is 1.42 bits per heavy atom. The third-order valence-electron chi connectivity index (χ3n) is 2.45. The average Bonchev–Trinajstić information content (AvgIpc) is 2.82. The molecule has 0 radical (unpaired) electrons. The molecule has 0 aliphatic rings. The van der Waals surface area contributed by atoms with Crippen LogP contribution in [0.5, 0.6) is 0 Å². The summed E-state index contributed by atoms with van der Waals surface area (Å²) in [7, 11) is 0. The highest BCUT2D eigenvalue weighted by Crippen LogP contribution is 2.22. The van der Waals surface area contributed by atoms with Crippen molar-refractivity contribution in [2.45, 2.75) is 24.6 Å². The summed E-state index contributed by atoms with van der Waals surface area (Å²) >= 11 is 2.91. The van der Waals surface area contributed by atoms with Crippen LogP contribution in [-0.2, 0) is 11.2 Å². The Balaban J connectivity index is 1.86. The topological polar surface area (TPSA) is 54.9 Å². The highest BCUT2D eigenvalue weighted by atomic mass is 32.2. The molecular formula is C13H15N3OS2. The van der Waals surface area contributed by atoms with Crippen LogP contribution in [0.25, 0.3) is 0 Å². The fourth-order valence-corrected chi connectivity index (χ4v) is 3.15. The van der Waals surface area contributed by atoms with Crippen LogP contribution in [0.15, 0.2) is 28.6 Å². The van der Waals surface area contributed by atoms with Gasteiger partial charge in [-0.2, -0.15) is 0 Å². The minimum Gasteiger partial charge on any atom is -0.325 e. The highest BCUT2D eigenvalue weighted by molar-refractivity contribution is 8.01. The summed E-state index contributed by atoms with van der Waals surface area (Å²) in [6.45, 7) is 3.99. The fraction of sp³-hybridized carbons (Fsp3) is 0.308. The van der Waals surface area contributed by atoms with E-state index in [-0.39, 0.29) is 5.91 Å². The quantitative estimate of drug-likeness (QED) is 0.860. The molecule has 2 aromatic rings. The van der Waals surface area contributed by atoms with Crippen LogP contribution in [0, 0.1) is 6.92 Å². The standard InChI is InChI=1S/C13H15N3OS2/c1-3-10-5-4-6-11(7-10)14-12(17)8-18-13-16-15-9(2)19-13/h4-7H,3,8H2,1-2H3,(H,14,17). The molecule has 1 aromatic heterocycles. The number of rotatable bonds is 5. The number of hydrogen-bond acceptors (Lipinski definition) is 5. The number of anilines is 1. The van der Waals surface area contributed by atoms with Gasteiger partial charge < -0.3 is 5.32 Å². The first-order valence-corrected chi connectivity index (χ1v) is 7.79. The van der Waals surface area contributed by atoms with Crippen molar-refractivity contribution in [3.63, 3.8) is 0 Å². The summed E-state index contributed by atoms with van der Waals surface area (Å²) in [5.74, 6) is 0.330. The van der Waals surface area contributed by atoms with E-state index in [0.717, 1.165) is 21.5 Å². The predicted octanol–water partition coefficient (Wildman–Crippen LogP) is 3.14. The Morgan fingerprint density at radius 3 is 2.95 bits per heavy atom. The van der Waals surface area contributed by atoms with Crippen LogP contribution in [0.4, 0.5) is 5.69 Å². The lowest BCUT2D eigenvalue weighted by molar-refractivity contribution is -0.113. The van der Waals surface area contributed by atoms with Crippen LogP contribution in [0.1, 0.15) is 17.5 Å². The number of carbonyl (C=O) groups is 1. The number of aryl methyl sites for hydroxylation is 2. The molecule has 0 aliphatic heterocycles. The number of hydrogen-bond donors (Lipinski definition) is 1. The highest BCUT2D eigenvalue weighted by Gasteiger charge is 2.07. The third-order valence-corrected chi connectivity index (χ3v) is 4.43. The van der Waals surface area contributed by atoms with Gasteiger partial charge in [0.2, 0.25) is 5.91 Å². The van der Waals surface area contributed by atoms with Crippen LogP contribution in [0.3, 0.4) is 0 Å². The first-order chi connectivity index (χ1) is 9.17. The Morgan fingerprint density at radius 2 is 2.26 bits per heavy atom. The van der Waals surface area contributed by atoms with E-state index in [1.54, 1.807) is 0 Å². The summed E-state index contributed by atoms with van der Waals surface area (Å²) < 4.78 is 0.829. The van der Waals surface area contributed by atoms with E-state index in [9.17, 15) is 4.79 Å². The second-order valence-electron chi connectivity index (χ2n) is 3.98. The lowest BCUT2D eigenvalue weighted by Gasteiger charge is -2.05. The Hall–Kier alpha value is -1.40. The zero-order valence-corrected chi connectivity index (χ0v) is 12.5. The van der Waals surface area contributed by atoms with Crippen LogP contribution >= 0.6 is 23.1 Å². The Labute approximate surface area is 120 Å². The predicted molar refractivity (Wildman–Crippen MR) is 79.8 cm³/mol. The number of nitrogens with one attached hydrogen (secondary N) is 1. The minimum atomic E-state index is -0.0221. The van der Waals surface area contributed by atoms with Crippen molar-refractivity contribution in [3.8, 4) is 0 Å². The molecule has 4 nitrogen and oxygen atoms in total. The molecule has 0 fully saturated rings. The molecule has 1 aromatic carbocycles. The molecule has 1 heterocycles. The molecule has 1 N–H and O–H groups in total. The van der Waals surface area contributed by atoms with Gasteiger partial charge in [-0.3, -0.25) is 4.79 Å². The molecule has 0 unspecified atom stereocenters. The van der Waals surface area contributed by atoms with E-state index < -0.39 is 0 Å². The molecule has 0 atom stereocenters. The maximum absolute atomic E-state index is 11.8. The maximum atomic E-state index is 11.8. The average molecular weight is 293 g/mol. The van der Waals surface area contributed by atoms with E-state index >= 15 is 0 Å². The molecule has 19 heavy (non-hydrogen) atoms. The summed E-state index contributed by atoms with van der Waals surface area (Å²) in [6, 6.07) is 7.90. The normalized spacial score (nSPS) is 10.4. The lowest BCUT2D eigenvalue weighted by atomic mass is 10.1. The summed E-state index contributed by atoms with van der Waals surface area (Å²) in [5, 5.41) is 11.7. The van der Waals surface area contributed by atoms with Gasteiger partial charge in [-0.15, -0.1) is 10.2 Å². The van der Waals surface area contributed by atoms with Crippen molar-refractivity contribution >= 4 is 34.7 Å². The molecule has 0 bridgehead atoms. The van der Waals surface area contributed by atoms with Crippen molar-refractivity contribution in [2.75, 3.05) is 11.1 Å². The van der Waals surface area contributed by atoms with Gasteiger partial charge in [-0.25, -0.2) is 0 Å². The van der Waals surface area contributed by atoms with Gasteiger partial charge in [0, 0.05) is 5.69 Å². The number of aromatic nitrogens is 2. The number of carbonyl (C=O) groups excluding carboxylic acids is 1. The number of amides is 1. The summed E-state index contributed by atoms with van der Waals surface area (Å²) in [6.07, 6.45) is 0.961. The van der Waals surface area contributed by atoms with Gasteiger partial charge in [0.05, 0.1) is 5.75 Å². The largest absolute Gasteiger partial charge is 0.325 e. The molecule has 0 spiro atoms. The molecule has 0 saturated heterocycles. The van der Waals surface area contributed by atoms with E-state index in [1.807, 2.05) is 25.1 Å². The van der Waals surface area contributed by atoms with Gasteiger partial charge >= 0.3 is 0 Å². The number of thioether (sulfide) groups is 1. The first kappa shape index (κ1) is 14.0. The van der Waals surface area contributed by atoms with Crippen molar-refractivity contribution in [1.82, 2.24) is 10.2 Å². The van der Waals surface area contributed by atoms with Crippen molar-refractivity contribution in [3.05, 3.63) is 34.8 Å². The molecule has 2 rings (SSSR count). The monoisotopic (exact) mass is 293 g/mol. The third kappa shape index (κ3) is 4.33. The van der Waals surface area contributed by atoms with E-state index in [2.05, 4.69) is 28.5 Å². The zero-order chi connectivity index (χ0) is 13.7. The van der Waals surface area contributed by atoms with E-state index in [4.69, 9.17) is 0 Å². The van der Waals surface area contributed by atoms with Gasteiger partial charge in [-0.05, 0) is 31.0 Å². The van der Waals surface area contributed by atoms with Crippen LogP contribution in [0.2, 0.25) is 0 Å². The lowest BCUT2D eigenvalue weighted by Crippen LogP contribution is -2.14. The molecule has 0 saturated carbocycles. The van der Waals surface area contributed by atoms with Gasteiger partial charge in [-0.1, -0.05) is 42.2 Å². The minimum absolute atomic E-state index is 0.0221. The van der Waals surface area contributed by atoms with Gasteiger partial charge in [0.25, 0.3) is 0 Å². The first-order valence-electron chi connectivity index (χ1n) is 5.99.